The second-order valence-corrected chi connectivity index (χ2v) is 7.55. The Morgan fingerprint density at radius 2 is 1.90 bits per heavy atom. The van der Waals surface area contributed by atoms with E-state index in [4.69, 9.17) is 5.73 Å². The van der Waals surface area contributed by atoms with Gasteiger partial charge in [-0.05, 0) is 45.2 Å². The van der Waals surface area contributed by atoms with Crippen molar-refractivity contribution >= 4 is 22.9 Å². The van der Waals surface area contributed by atoms with Crippen LogP contribution >= 0.6 is 0 Å². The molecule has 0 saturated carbocycles. The highest BCUT2D eigenvalue weighted by Gasteiger charge is 2.15. The molecule has 1 aliphatic rings. The maximum atomic E-state index is 14.3. The lowest BCUT2D eigenvalue weighted by Crippen LogP contribution is -2.44. The molecule has 1 aromatic heterocycles. The first-order chi connectivity index (χ1) is 14.0. The molecule has 0 amide bonds. The molecule has 0 unspecified atom stereocenters. The Bertz CT molecular complexity index is 827. The van der Waals surface area contributed by atoms with Crippen LogP contribution in [-0.4, -0.2) is 60.7 Å². The first kappa shape index (κ1) is 21.0. The van der Waals surface area contributed by atoms with E-state index in [2.05, 4.69) is 49.6 Å². The topological polar surface area (TPSA) is 82.3 Å². The molecule has 2 aromatic rings. The minimum Gasteiger partial charge on any atom is -0.388 e. The van der Waals surface area contributed by atoms with Gasteiger partial charge in [-0.25, -0.2) is 14.4 Å². The summed E-state index contributed by atoms with van der Waals surface area (Å²) in [5.74, 6) is -0.166. The van der Waals surface area contributed by atoms with E-state index >= 15 is 0 Å². The van der Waals surface area contributed by atoms with Crippen molar-refractivity contribution in [2.75, 3.05) is 50.0 Å². The highest BCUT2D eigenvalue weighted by atomic mass is 19.1. The van der Waals surface area contributed by atoms with Gasteiger partial charge in [-0.1, -0.05) is 0 Å². The van der Waals surface area contributed by atoms with Crippen molar-refractivity contribution in [1.82, 2.24) is 20.2 Å². The zero-order chi connectivity index (χ0) is 20.8. The zero-order valence-electron chi connectivity index (χ0n) is 17.3. The fourth-order valence-corrected chi connectivity index (χ4v) is 3.09. The van der Waals surface area contributed by atoms with Crippen LogP contribution in [0.3, 0.4) is 0 Å². The normalized spacial score (nSPS) is 15.7. The van der Waals surface area contributed by atoms with Crippen LogP contribution in [0.5, 0.6) is 0 Å². The van der Waals surface area contributed by atoms with Gasteiger partial charge in [-0.3, -0.25) is 0 Å². The van der Waals surface area contributed by atoms with Gasteiger partial charge in [0.1, 0.15) is 5.69 Å². The number of piperazine rings is 1. The number of anilines is 3. The quantitative estimate of drug-likeness (QED) is 0.659. The Morgan fingerprint density at radius 1 is 1.21 bits per heavy atom. The van der Waals surface area contributed by atoms with Crippen LogP contribution in [0.2, 0.25) is 0 Å². The van der Waals surface area contributed by atoms with Gasteiger partial charge in [0.15, 0.2) is 5.82 Å². The van der Waals surface area contributed by atoms with E-state index in [-0.39, 0.29) is 18.3 Å². The van der Waals surface area contributed by atoms with E-state index in [1.165, 1.54) is 11.9 Å². The molecule has 156 valence electrons. The highest BCUT2D eigenvalue weighted by molar-refractivity contribution is 5.66. The third-order valence-corrected chi connectivity index (χ3v) is 4.85. The number of likely N-dealkylation sites (N-methyl/N-ethyl adjacent to an activating group) is 1. The summed E-state index contributed by atoms with van der Waals surface area (Å²) >= 11 is 0. The van der Waals surface area contributed by atoms with Crippen molar-refractivity contribution in [3.05, 3.63) is 48.2 Å². The van der Waals surface area contributed by atoms with Crippen LogP contribution in [0.15, 0.2) is 36.7 Å². The average molecular weight is 400 g/mol. The fraction of sp³-hybridized carbons (Fsp3) is 0.429. The fourth-order valence-electron chi connectivity index (χ4n) is 3.09. The third kappa shape index (κ3) is 5.65. The number of rotatable bonds is 7. The molecule has 4 N–H and O–H groups in total. The zero-order valence-corrected chi connectivity index (χ0v) is 17.3. The number of nitrogens with two attached hydrogens (primary N) is 1. The largest absolute Gasteiger partial charge is 0.388 e. The predicted molar refractivity (Wildman–Crippen MR) is 117 cm³/mol. The van der Waals surface area contributed by atoms with Crippen molar-refractivity contribution in [2.45, 2.75) is 19.9 Å². The molecule has 0 bridgehead atoms. The molecular weight excluding hydrogens is 369 g/mol. The van der Waals surface area contributed by atoms with E-state index in [1.54, 1.807) is 6.20 Å². The van der Waals surface area contributed by atoms with E-state index in [0.29, 0.717) is 11.5 Å². The molecule has 1 fully saturated rings. The van der Waals surface area contributed by atoms with Gasteiger partial charge in [-0.15, -0.1) is 0 Å². The maximum absolute atomic E-state index is 14.3. The minimum atomic E-state index is -0.497. The summed E-state index contributed by atoms with van der Waals surface area (Å²) in [7, 11) is 2.14. The SMILES string of the molecule is CC(C)N/C=C(\CN)c1nc(Nc2ccc(N3CCN(C)CC3)cc2)ncc1F. The van der Waals surface area contributed by atoms with Crippen molar-refractivity contribution in [2.24, 2.45) is 5.73 Å². The molecule has 29 heavy (non-hydrogen) atoms. The van der Waals surface area contributed by atoms with Crippen LogP contribution < -0.4 is 21.3 Å². The molecule has 3 rings (SSSR count). The lowest BCUT2D eigenvalue weighted by Gasteiger charge is -2.34. The molecule has 1 aliphatic heterocycles. The van der Waals surface area contributed by atoms with E-state index in [0.717, 1.165) is 31.9 Å². The van der Waals surface area contributed by atoms with Crippen LogP contribution in [-0.2, 0) is 0 Å². The molecule has 1 saturated heterocycles. The minimum absolute atomic E-state index is 0.173. The summed E-state index contributed by atoms with van der Waals surface area (Å²) in [6, 6.07) is 8.35. The van der Waals surface area contributed by atoms with Crippen molar-refractivity contribution in [3.63, 3.8) is 0 Å². The second kappa shape index (κ2) is 9.67. The van der Waals surface area contributed by atoms with Crippen LogP contribution in [0.1, 0.15) is 19.5 Å². The Labute approximate surface area is 171 Å². The number of nitrogens with zero attached hydrogens (tertiary/aromatic N) is 4. The van der Waals surface area contributed by atoms with Crippen molar-refractivity contribution in [3.8, 4) is 0 Å². The Morgan fingerprint density at radius 3 is 2.52 bits per heavy atom. The molecular formula is C21H30FN7. The molecule has 0 aliphatic carbocycles. The molecule has 0 atom stereocenters. The van der Waals surface area contributed by atoms with Gasteiger partial charge in [0, 0.05) is 61.9 Å². The predicted octanol–water partition coefficient (Wildman–Crippen LogP) is 2.41. The number of halogens is 1. The number of nitrogens with one attached hydrogen (secondary N) is 2. The summed E-state index contributed by atoms with van der Waals surface area (Å²) < 4.78 is 14.3. The first-order valence-electron chi connectivity index (χ1n) is 9.95. The molecule has 2 heterocycles. The Balaban J connectivity index is 1.72. The molecule has 8 heteroatoms. The second-order valence-electron chi connectivity index (χ2n) is 7.55. The van der Waals surface area contributed by atoms with Crippen LogP contribution in [0.4, 0.5) is 21.7 Å². The lowest BCUT2D eigenvalue weighted by molar-refractivity contribution is 0.313. The van der Waals surface area contributed by atoms with Gasteiger partial charge >= 0.3 is 0 Å². The lowest BCUT2D eigenvalue weighted by atomic mass is 10.2. The van der Waals surface area contributed by atoms with E-state index in [9.17, 15) is 4.39 Å². The number of benzene rings is 1. The molecule has 1 aromatic carbocycles. The monoisotopic (exact) mass is 399 g/mol. The highest BCUT2D eigenvalue weighted by Crippen LogP contribution is 2.22. The molecule has 0 spiro atoms. The van der Waals surface area contributed by atoms with E-state index < -0.39 is 5.82 Å². The summed E-state index contributed by atoms with van der Waals surface area (Å²) in [4.78, 5) is 13.1. The summed E-state index contributed by atoms with van der Waals surface area (Å²) in [5, 5.41) is 6.28. The van der Waals surface area contributed by atoms with Gasteiger partial charge in [-0.2, -0.15) is 0 Å². The van der Waals surface area contributed by atoms with Crippen LogP contribution in [0.25, 0.3) is 5.57 Å². The number of hydrogen-bond acceptors (Lipinski definition) is 7. The third-order valence-electron chi connectivity index (χ3n) is 4.85. The van der Waals surface area contributed by atoms with E-state index in [1.807, 2.05) is 26.0 Å². The smallest absolute Gasteiger partial charge is 0.227 e. The van der Waals surface area contributed by atoms with Gasteiger partial charge in [0.25, 0.3) is 0 Å². The van der Waals surface area contributed by atoms with Crippen molar-refractivity contribution in [1.29, 1.82) is 0 Å². The number of hydrogen-bond donors (Lipinski definition) is 3. The Kier molecular flexibility index (Phi) is 7.00. The summed E-state index contributed by atoms with van der Waals surface area (Å²) in [6.07, 6.45) is 2.88. The van der Waals surface area contributed by atoms with Gasteiger partial charge in [0.05, 0.1) is 6.20 Å². The van der Waals surface area contributed by atoms with Crippen LogP contribution in [0, 0.1) is 5.82 Å². The average Bonchev–Trinajstić information content (AvgIpc) is 2.71. The summed E-state index contributed by atoms with van der Waals surface area (Å²) in [5.41, 5.74) is 8.62. The van der Waals surface area contributed by atoms with Gasteiger partial charge in [0.2, 0.25) is 5.95 Å². The molecule has 0 radical (unpaired) electrons. The molecule has 7 nitrogen and oxygen atoms in total. The maximum Gasteiger partial charge on any atom is 0.227 e. The first-order valence-corrected chi connectivity index (χ1v) is 9.95. The standard InChI is InChI=1S/C21H30FN7/c1-15(2)24-13-16(12-23)20-19(22)14-25-21(27-20)26-17-4-6-18(7-5-17)29-10-8-28(3)9-11-29/h4-7,13-15,24H,8-12,23H2,1-3H3,(H,25,26,27)/b16-13+. The summed E-state index contributed by atoms with van der Waals surface area (Å²) in [6.45, 7) is 8.34. The van der Waals surface area contributed by atoms with Crippen molar-refractivity contribution < 1.29 is 4.39 Å². The van der Waals surface area contributed by atoms with Gasteiger partial charge < -0.3 is 26.2 Å². The Hall–Kier alpha value is -2.71. The number of aromatic nitrogens is 2.